The number of fused-ring (bicyclic) bond motifs is 1. The van der Waals surface area contributed by atoms with Crippen LogP contribution >= 0.6 is 22.9 Å². The molecular weight excluding hydrogens is 510 g/mol. The molecule has 1 unspecified atom stereocenters. The van der Waals surface area contributed by atoms with Crippen LogP contribution in [0, 0.1) is 5.92 Å². The summed E-state index contributed by atoms with van der Waals surface area (Å²) in [5.74, 6) is -0.727. The third-order valence-electron chi connectivity index (χ3n) is 6.44. The van der Waals surface area contributed by atoms with Crippen molar-refractivity contribution in [3.63, 3.8) is 0 Å². The Kier molecular flexibility index (Phi) is 8.36. The van der Waals surface area contributed by atoms with E-state index < -0.39 is 27.2 Å². The minimum atomic E-state index is -3.89. The zero-order valence-electron chi connectivity index (χ0n) is 19.6. The summed E-state index contributed by atoms with van der Waals surface area (Å²) in [6, 6.07) is 5.30. The molecule has 0 saturated carbocycles. The summed E-state index contributed by atoms with van der Waals surface area (Å²) >= 11 is 7.32. The van der Waals surface area contributed by atoms with Crippen LogP contribution in [0.25, 0.3) is 0 Å². The van der Waals surface area contributed by atoms with Gasteiger partial charge in [0.25, 0.3) is 0 Å². The minimum Gasteiger partial charge on any atom is -0.462 e. The zero-order valence-corrected chi connectivity index (χ0v) is 22.0. The number of benzene rings is 1. The predicted octanol–water partition coefficient (Wildman–Crippen LogP) is 4.38. The molecule has 2 heterocycles. The van der Waals surface area contributed by atoms with E-state index in [-0.39, 0.29) is 17.4 Å². The molecule has 2 aromatic rings. The number of rotatable bonds is 7. The number of hydrogen-bond acceptors (Lipinski definition) is 7. The quantitative estimate of drug-likeness (QED) is 0.450. The van der Waals surface area contributed by atoms with Gasteiger partial charge in [0.15, 0.2) is 9.84 Å². The number of ether oxygens (including phenoxy) is 1. The van der Waals surface area contributed by atoms with Gasteiger partial charge in [0.2, 0.25) is 0 Å². The average Bonchev–Trinajstić information content (AvgIpc) is 3.21. The van der Waals surface area contributed by atoms with Crippen LogP contribution in [-0.4, -0.2) is 45.5 Å². The van der Waals surface area contributed by atoms with E-state index in [0.29, 0.717) is 41.5 Å². The fraction of sp³-hybridized carbons (Fsp3) is 0.500. The molecule has 2 amide bonds. The Morgan fingerprint density at radius 3 is 2.54 bits per heavy atom. The molecule has 3 N–H and O–H groups in total. The number of carbonyl (C=O) groups is 2. The highest BCUT2D eigenvalue weighted by Crippen LogP contribution is 2.38. The van der Waals surface area contributed by atoms with Crippen LogP contribution in [0.5, 0.6) is 0 Å². The summed E-state index contributed by atoms with van der Waals surface area (Å²) in [5, 5.41) is 8.45. The number of thiophene rings is 1. The maximum atomic E-state index is 13.6. The first-order chi connectivity index (χ1) is 16.8. The lowest BCUT2D eigenvalue weighted by Crippen LogP contribution is -2.50. The normalized spacial score (nSPS) is 17.3. The number of sulfone groups is 1. The van der Waals surface area contributed by atoms with E-state index in [0.717, 1.165) is 36.1 Å². The third-order valence-corrected chi connectivity index (χ3v) is 10.00. The standard InChI is InChI=1S/C24H30ClN3O5S2/c1-2-33-23(29)20-18-5-3-4-6-19(18)34-21(20)27-24(30)28-22(15-11-13-26-14-12-15)35(31,32)17-9-7-16(25)8-10-17/h7-10,15,22,26H,2-6,11-14H2,1H3,(H2,27,28,30). The molecule has 1 aliphatic heterocycles. The van der Waals surface area contributed by atoms with Crippen LogP contribution in [0.4, 0.5) is 9.80 Å². The minimum absolute atomic E-state index is 0.101. The molecule has 1 fully saturated rings. The average molecular weight is 540 g/mol. The van der Waals surface area contributed by atoms with Crippen molar-refractivity contribution in [3.8, 4) is 0 Å². The molecule has 0 spiro atoms. The highest BCUT2D eigenvalue weighted by Gasteiger charge is 2.37. The number of nitrogens with one attached hydrogen (secondary N) is 3. The molecule has 190 valence electrons. The first kappa shape index (κ1) is 25.9. The van der Waals surface area contributed by atoms with Crippen LogP contribution in [-0.2, 0) is 27.4 Å². The molecule has 2 aliphatic rings. The van der Waals surface area contributed by atoms with Crippen molar-refractivity contribution < 1.29 is 22.7 Å². The van der Waals surface area contributed by atoms with Gasteiger partial charge in [0, 0.05) is 9.90 Å². The fourth-order valence-corrected chi connectivity index (χ4v) is 7.96. The summed E-state index contributed by atoms with van der Waals surface area (Å²) in [6.45, 7) is 3.31. The zero-order chi connectivity index (χ0) is 25.0. The van der Waals surface area contributed by atoms with Gasteiger partial charge in [-0.2, -0.15) is 0 Å². The number of urea groups is 1. The number of amides is 2. The Labute approximate surface area is 214 Å². The lowest BCUT2D eigenvalue weighted by molar-refractivity contribution is 0.0526. The lowest BCUT2D eigenvalue weighted by Gasteiger charge is -2.31. The fourth-order valence-electron chi connectivity index (χ4n) is 4.71. The van der Waals surface area contributed by atoms with Gasteiger partial charge in [-0.3, -0.25) is 5.32 Å². The Bertz CT molecular complexity index is 1170. The predicted molar refractivity (Wildman–Crippen MR) is 137 cm³/mol. The summed E-state index contributed by atoms with van der Waals surface area (Å²) in [7, 11) is -3.89. The van der Waals surface area contributed by atoms with Crippen LogP contribution < -0.4 is 16.0 Å². The molecule has 0 bridgehead atoms. The third kappa shape index (κ3) is 5.82. The number of halogens is 1. The highest BCUT2D eigenvalue weighted by molar-refractivity contribution is 7.92. The highest BCUT2D eigenvalue weighted by atomic mass is 35.5. The van der Waals surface area contributed by atoms with Crippen LogP contribution in [0.2, 0.25) is 5.02 Å². The number of carbonyl (C=O) groups excluding carboxylic acids is 2. The van der Waals surface area contributed by atoms with E-state index in [2.05, 4.69) is 16.0 Å². The van der Waals surface area contributed by atoms with Crippen molar-refractivity contribution in [1.82, 2.24) is 10.6 Å². The van der Waals surface area contributed by atoms with Crippen molar-refractivity contribution in [2.75, 3.05) is 25.0 Å². The van der Waals surface area contributed by atoms with E-state index in [1.54, 1.807) is 6.92 Å². The SMILES string of the molecule is CCOC(=O)c1c(NC(=O)NC(C2CCNCC2)S(=O)(=O)c2ccc(Cl)cc2)sc2c1CCCC2. The lowest BCUT2D eigenvalue weighted by atomic mass is 9.95. The Morgan fingerprint density at radius 1 is 1.17 bits per heavy atom. The van der Waals surface area contributed by atoms with Crippen molar-refractivity contribution in [2.24, 2.45) is 5.92 Å². The molecule has 1 saturated heterocycles. The maximum Gasteiger partial charge on any atom is 0.341 e. The van der Waals surface area contributed by atoms with E-state index in [1.807, 2.05) is 0 Å². The molecule has 1 aromatic carbocycles. The largest absolute Gasteiger partial charge is 0.462 e. The maximum absolute atomic E-state index is 13.6. The summed E-state index contributed by atoms with van der Waals surface area (Å²) in [5.41, 5.74) is 1.32. The molecule has 11 heteroatoms. The first-order valence-electron chi connectivity index (χ1n) is 11.9. The van der Waals surface area contributed by atoms with Crippen LogP contribution in [0.3, 0.4) is 0 Å². The van der Waals surface area contributed by atoms with Crippen molar-refractivity contribution >= 4 is 49.8 Å². The van der Waals surface area contributed by atoms with Crippen molar-refractivity contribution in [3.05, 3.63) is 45.3 Å². The number of hydrogen-bond donors (Lipinski definition) is 3. The number of aryl methyl sites for hydroxylation is 1. The van der Waals surface area contributed by atoms with Crippen molar-refractivity contribution in [2.45, 2.75) is 55.7 Å². The van der Waals surface area contributed by atoms with Gasteiger partial charge in [-0.1, -0.05) is 11.6 Å². The Balaban J connectivity index is 1.61. The number of esters is 1. The number of piperidine rings is 1. The molecule has 1 aromatic heterocycles. The molecule has 8 nitrogen and oxygen atoms in total. The second kappa shape index (κ2) is 11.3. The second-order valence-corrected chi connectivity index (χ2v) is 12.4. The van der Waals surface area contributed by atoms with Gasteiger partial charge in [-0.15, -0.1) is 11.3 Å². The smallest absolute Gasteiger partial charge is 0.341 e. The van der Waals surface area contributed by atoms with E-state index in [9.17, 15) is 18.0 Å². The van der Waals surface area contributed by atoms with Gasteiger partial charge < -0.3 is 15.4 Å². The molecular formula is C24H30ClN3O5S2. The summed E-state index contributed by atoms with van der Waals surface area (Å²) < 4.78 is 32.4. The van der Waals surface area contributed by atoms with Gasteiger partial charge in [-0.05, 0) is 94.3 Å². The molecule has 35 heavy (non-hydrogen) atoms. The Hall–Kier alpha value is -2.14. The topological polar surface area (TPSA) is 114 Å². The van der Waals surface area contributed by atoms with Crippen molar-refractivity contribution in [1.29, 1.82) is 0 Å². The second-order valence-electron chi connectivity index (χ2n) is 8.74. The summed E-state index contributed by atoms with van der Waals surface area (Å²) in [6.07, 6.45) is 4.82. The molecule has 1 atom stereocenters. The van der Waals surface area contributed by atoms with Gasteiger partial charge >= 0.3 is 12.0 Å². The van der Waals surface area contributed by atoms with Gasteiger partial charge in [0.1, 0.15) is 10.4 Å². The first-order valence-corrected chi connectivity index (χ1v) is 14.6. The monoisotopic (exact) mass is 539 g/mol. The molecule has 4 rings (SSSR count). The number of anilines is 1. The van der Waals surface area contributed by atoms with Gasteiger partial charge in [-0.25, -0.2) is 18.0 Å². The van der Waals surface area contributed by atoms with Gasteiger partial charge in [0.05, 0.1) is 17.1 Å². The molecule has 0 radical (unpaired) electrons. The van der Waals surface area contributed by atoms with Crippen LogP contribution in [0.15, 0.2) is 29.2 Å². The van der Waals surface area contributed by atoms with E-state index in [4.69, 9.17) is 16.3 Å². The summed E-state index contributed by atoms with van der Waals surface area (Å²) in [4.78, 5) is 27.1. The Morgan fingerprint density at radius 2 is 1.86 bits per heavy atom. The molecule has 1 aliphatic carbocycles. The van der Waals surface area contributed by atoms with Crippen LogP contribution in [0.1, 0.15) is 53.4 Å². The van der Waals surface area contributed by atoms with E-state index >= 15 is 0 Å². The van der Waals surface area contributed by atoms with E-state index in [1.165, 1.54) is 35.6 Å².